The summed E-state index contributed by atoms with van der Waals surface area (Å²) in [4.78, 5) is 27.9. The predicted molar refractivity (Wildman–Crippen MR) is 62.3 cm³/mol. The maximum atomic E-state index is 11.7. The van der Waals surface area contributed by atoms with Gasteiger partial charge >= 0.3 is 11.8 Å². The van der Waals surface area contributed by atoms with E-state index >= 15 is 0 Å². The van der Waals surface area contributed by atoms with E-state index in [0.717, 1.165) is 0 Å². The smallest absolute Gasteiger partial charge is 0.314 e. The van der Waals surface area contributed by atoms with E-state index in [9.17, 15) is 9.59 Å². The topological polar surface area (TPSA) is 69.9 Å². The molecule has 0 aromatic heterocycles. The van der Waals surface area contributed by atoms with Gasteiger partial charge in [0.05, 0.1) is 12.3 Å². The van der Waals surface area contributed by atoms with E-state index in [-0.39, 0.29) is 12.3 Å². The number of amides is 2. The van der Waals surface area contributed by atoms with Crippen LogP contribution in [-0.2, 0) is 9.59 Å². The molecule has 6 nitrogen and oxygen atoms in total. The Balaban J connectivity index is 5.05. The molecule has 0 spiro atoms. The fraction of sp³-hybridized carbons (Fsp3) is 0.800. The molecule has 0 heterocycles. The van der Waals surface area contributed by atoms with Crippen LogP contribution in [0.4, 0.5) is 0 Å². The second kappa shape index (κ2) is 5.81. The number of hydrogen-bond acceptors (Lipinski definition) is 4. The van der Waals surface area contributed by atoms with Crippen LogP contribution in [0.3, 0.4) is 0 Å². The van der Waals surface area contributed by atoms with Gasteiger partial charge in [-0.1, -0.05) is 0 Å². The normalized spacial score (nSPS) is 15.0. The van der Waals surface area contributed by atoms with Crippen molar-refractivity contribution in [3.05, 3.63) is 0 Å². The van der Waals surface area contributed by atoms with Gasteiger partial charge in [-0.05, 0) is 42.0 Å². The van der Waals surface area contributed by atoms with Crippen LogP contribution < -0.4 is 5.73 Å². The Morgan fingerprint density at radius 2 is 1.25 bits per heavy atom. The van der Waals surface area contributed by atoms with Crippen LogP contribution in [0.25, 0.3) is 0 Å². The van der Waals surface area contributed by atoms with Crippen molar-refractivity contribution in [2.45, 2.75) is 26.2 Å². The van der Waals surface area contributed by atoms with Crippen molar-refractivity contribution in [1.29, 1.82) is 0 Å². The Morgan fingerprint density at radius 1 is 0.938 bits per heavy atom. The molecule has 0 saturated carbocycles. The summed E-state index contributed by atoms with van der Waals surface area (Å²) in [6.45, 7) is 3.70. The fourth-order valence-corrected chi connectivity index (χ4v) is 1.28. The lowest BCUT2D eigenvalue weighted by atomic mass is 10.3. The third-order valence-corrected chi connectivity index (χ3v) is 2.75. The average molecular weight is 230 g/mol. The third kappa shape index (κ3) is 3.46. The van der Waals surface area contributed by atoms with E-state index in [1.165, 1.54) is 4.90 Å². The van der Waals surface area contributed by atoms with Crippen LogP contribution in [0.5, 0.6) is 0 Å². The number of nitrogens with zero attached hydrogens (tertiary/aromatic N) is 3. The monoisotopic (exact) mass is 230 g/mol. The average Bonchev–Trinajstić information content (AvgIpc) is 2.16. The molecule has 0 aliphatic rings. The molecule has 0 aliphatic heterocycles. The van der Waals surface area contributed by atoms with Gasteiger partial charge in [0.25, 0.3) is 0 Å². The molecule has 0 aromatic carbocycles. The Morgan fingerprint density at radius 3 is 1.44 bits per heavy atom. The second-order valence-electron chi connectivity index (χ2n) is 4.27. The highest BCUT2D eigenvalue weighted by atomic mass is 16.2. The number of carbonyl (C=O) groups is 2. The quantitative estimate of drug-likeness (QED) is 0.503. The lowest BCUT2D eigenvalue weighted by molar-refractivity contribution is -0.152. The standard InChI is InChI=1S/C10H22N4O2/c1-7(12(3)4)14(8(2)13(5)6)10(16)9(11)15/h7-8H,1-6H3,(H2,11,15). The third-order valence-electron chi connectivity index (χ3n) is 2.75. The zero-order valence-electron chi connectivity index (χ0n) is 10.9. The van der Waals surface area contributed by atoms with Crippen molar-refractivity contribution in [1.82, 2.24) is 14.7 Å². The minimum atomic E-state index is -0.928. The molecule has 0 radical (unpaired) electrons. The first-order valence-corrected chi connectivity index (χ1v) is 5.15. The fourth-order valence-electron chi connectivity index (χ4n) is 1.28. The summed E-state index contributed by atoms with van der Waals surface area (Å²) >= 11 is 0. The summed E-state index contributed by atoms with van der Waals surface area (Å²) in [5, 5.41) is 0. The van der Waals surface area contributed by atoms with Crippen molar-refractivity contribution in [3.8, 4) is 0 Å². The van der Waals surface area contributed by atoms with E-state index < -0.39 is 11.8 Å². The van der Waals surface area contributed by atoms with E-state index in [1.54, 1.807) is 0 Å². The van der Waals surface area contributed by atoms with E-state index in [1.807, 2.05) is 51.8 Å². The summed E-state index contributed by atoms with van der Waals surface area (Å²) in [6.07, 6.45) is -0.394. The molecular formula is C10H22N4O2. The SMILES string of the molecule is CC(N(C)C)N(C(=O)C(N)=O)C(C)N(C)C. The number of primary amides is 1. The van der Waals surface area contributed by atoms with E-state index in [0.29, 0.717) is 0 Å². The number of nitrogens with two attached hydrogens (primary N) is 1. The maximum absolute atomic E-state index is 11.7. The summed E-state index contributed by atoms with van der Waals surface area (Å²) in [5.41, 5.74) is 5.05. The second-order valence-corrected chi connectivity index (χ2v) is 4.27. The predicted octanol–water partition coefficient (Wildman–Crippen LogP) is -0.884. The van der Waals surface area contributed by atoms with Gasteiger partial charge in [-0.3, -0.25) is 19.4 Å². The molecule has 6 heteroatoms. The first-order valence-electron chi connectivity index (χ1n) is 5.15. The first-order chi connectivity index (χ1) is 7.20. The summed E-state index contributed by atoms with van der Waals surface area (Å²) in [7, 11) is 7.37. The van der Waals surface area contributed by atoms with Crippen molar-refractivity contribution < 1.29 is 9.59 Å². The first kappa shape index (κ1) is 14.9. The van der Waals surface area contributed by atoms with Crippen LogP contribution in [0.2, 0.25) is 0 Å². The Labute approximate surface area is 97.0 Å². The molecule has 0 bridgehead atoms. The summed E-state index contributed by atoms with van der Waals surface area (Å²) in [6, 6.07) is 0. The molecule has 0 saturated heterocycles. The zero-order valence-corrected chi connectivity index (χ0v) is 10.9. The highest BCUT2D eigenvalue weighted by molar-refractivity contribution is 6.34. The number of rotatable bonds is 4. The molecule has 0 aromatic rings. The molecule has 94 valence electrons. The molecule has 2 amide bonds. The van der Waals surface area contributed by atoms with Gasteiger partial charge in [0.1, 0.15) is 0 Å². The molecule has 0 rings (SSSR count). The highest BCUT2D eigenvalue weighted by Gasteiger charge is 2.30. The highest BCUT2D eigenvalue weighted by Crippen LogP contribution is 2.10. The summed E-state index contributed by atoms with van der Waals surface area (Å²) in [5.74, 6) is -1.59. The van der Waals surface area contributed by atoms with Crippen molar-refractivity contribution >= 4 is 11.8 Å². The number of hydrogen-bond donors (Lipinski definition) is 1. The van der Waals surface area contributed by atoms with Crippen molar-refractivity contribution in [2.24, 2.45) is 5.73 Å². The van der Waals surface area contributed by atoms with Crippen LogP contribution in [0, 0.1) is 0 Å². The van der Waals surface area contributed by atoms with Gasteiger partial charge < -0.3 is 10.6 Å². The minimum absolute atomic E-state index is 0.197. The number of carbonyl (C=O) groups excluding carboxylic acids is 2. The Bertz CT molecular complexity index is 252. The molecule has 0 fully saturated rings. The van der Waals surface area contributed by atoms with Gasteiger partial charge in [-0.15, -0.1) is 0 Å². The molecule has 2 atom stereocenters. The molecule has 0 aliphatic carbocycles. The molecule has 16 heavy (non-hydrogen) atoms. The zero-order chi connectivity index (χ0) is 13.0. The Hall–Kier alpha value is -1.14. The van der Waals surface area contributed by atoms with Crippen molar-refractivity contribution in [3.63, 3.8) is 0 Å². The molecule has 2 N–H and O–H groups in total. The van der Waals surface area contributed by atoms with E-state index in [2.05, 4.69) is 0 Å². The summed E-state index contributed by atoms with van der Waals surface area (Å²) < 4.78 is 0. The lowest BCUT2D eigenvalue weighted by Crippen LogP contribution is -2.57. The molecule has 2 unspecified atom stereocenters. The lowest BCUT2D eigenvalue weighted by Gasteiger charge is -2.39. The maximum Gasteiger partial charge on any atom is 0.314 e. The van der Waals surface area contributed by atoms with Crippen LogP contribution in [0.1, 0.15) is 13.8 Å². The Kier molecular flexibility index (Phi) is 5.40. The van der Waals surface area contributed by atoms with Crippen LogP contribution >= 0.6 is 0 Å². The minimum Gasteiger partial charge on any atom is -0.361 e. The van der Waals surface area contributed by atoms with E-state index in [4.69, 9.17) is 5.73 Å². The van der Waals surface area contributed by atoms with Crippen molar-refractivity contribution in [2.75, 3.05) is 28.2 Å². The van der Waals surface area contributed by atoms with Gasteiger partial charge in [-0.25, -0.2) is 0 Å². The molecular weight excluding hydrogens is 208 g/mol. The van der Waals surface area contributed by atoms with Crippen LogP contribution in [0.15, 0.2) is 0 Å². The van der Waals surface area contributed by atoms with Gasteiger partial charge in [-0.2, -0.15) is 0 Å². The van der Waals surface area contributed by atoms with Crippen LogP contribution in [-0.4, -0.2) is 67.0 Å². The van der Waals surface area contributed by atoms with Gasteiger partial charge in [0, 0.05) is 0 Å². The largest absolute Gasteiger partial charge is 0.361 e. The van der Waals surface area contributed by atoms with Gasteiger partial charge in [0.2, 0.25) is 0 Å². The van der Waals surface area contributed by atoms with Gasteiger partial charge in [0.15, 0.2) is 0 Å².